The number of hydrogen-bond donors (Lipinski definition) is 0. The molecule has 0 atom stereocenters. The molecule has 0 heterocycles. The topological polar surface area (TPSA) is 83.6 Å². The van der Waals surface area contributed by atoms with Gasteiger partial charge in [-0.25, -0.2) is 0 Å². The van der Waals surface area contributed by atoms with Gasteiger partial charge in [-0.1, -0.05) is 64.2 Å². The molecule has 2 aliphatic carbocycles. The van der Waals surface area contributed by atoms with E-state index in [0.29, 0.717) is 12.1 Å². The Morgan fingerprint density at radius 1 is 0.484 bits per heavy atom. The standard InChI is InChI=1S/2C9H20NO3Si.2ClH.Zr/c2*1-11-14(12-2,13-3)10-9-7-5-4-6-8-9;;;/h2*9H,4-8H2,1-3H3;2*1H;/q2*-1;;;+4/p-2. The first-order chi connectivity index (χ1) is 13.5. The van der Waals surface area contributed by atoms with E-state index in [4.69, 9.17) is 26.6 Å². The van der Waals surface area contributed by atoms with Gasteiger partial charge >= 0.3 is 44.1 Å². The molecule has 0 aromatic rings. The zero-order valence-corrected chi connectivity index (χ0v) is 25.8. The minimum Gasteiger partial charge on any atom is -1.00 e. The SMILES string of the molecule is CO[Si]([N-]C1CCCCC1)(OC)OC.CO[Si]([N-]C1CCCCC1)(OC)OC.[Cl-].[Cl-].[Zr+4]. The van der Waals surface area contributed by atoms with Crippen LogP contribution in [0.4, 0.5) is 0 Å². The molecule has 0 amide bonds. The smallest absolute Gasteiger partial charge is 1.00 e. The molecule has 31 heavy (non-hydrogen) atoms. The van der Waals surface area contributed by atoms with Crippen LogP contribution in [0, 0.1) is 0 Å². The van der Waals surface area contributed by atoms with Crippen LogP contribution in [0.15, 0.2) is 0 Å². The first kappa shape index (κ1) is 37.1. The molecular weight excluding hydrogens is 559 g/mol. The molecule has 0 bridgehead atoms. The fraction of sp³-hybridized carbons (Fsp3) is 1.00. The summed E-state index contributed by atoms with van der Waals surface area (Å²) >= 11 is 0. The van der Waals surface area contributed by atoms with Crippen LogP contribution in [-0.4, -0.2) is 72.7 Å². The van der Waals surface area contributed by atoms with E-state index in [0.717, 1.165) is 25.7 Å². The first-order valence-corrected chi connectivity index (χ1v) is 13.6. The Bertz CT molecular complexity index is 353. The molecule has 0 aromatic heterocycles. The maximum Gasteiger partial charge on any atom is 4.00 e. The van der Waals surface area contributed by atoms with Crippen molar-refractivity contribution in [1.82, 2.24) is 0 Å². The zero-order chi connectivity index (χ0) is 20.9. The molecule has 0 radical (unpaired) electrons. The van der Waals surface area contributed by atoms with Crippen LogP contribution in [0.3, 0.4) is 0 Å². The van der Waals surface area contributed by atoms with E-state index >= 15 is 0 Å². The molecular formula is C18H40Cl2N2O6Si2Zr. The van der Waals surface area contributed by atoms with Gasteiger partial charge in [0.2, 0.25) is 0 Å². The third-order valence-electron chi connectivity index (χ3n) is 5.38. The Hall–Kier alpha value is 1.58. The van der Waals surface area contributed by atoms with Gasteiger partial charge in [-0.2, -0.15) is 0 Å². The molecule has 2 rings (SSSR count). The van der Waals surface area contributed by atoms with Gasteiger partial charge in [-0.3, -0.25) is 0 Å². The summed E-state index contributed by atoms with van der Waals surface area (Å²) in [5.41, 5.74) is 0. The van der Waals surface area contributed by atoms with Gasteiger partial charge in [0.25, 0.3) is 0 Å². The molecule has 0 aromatic carbocycles. The molecule has 0 N–H and O–H groups in total. The van der Waals surface area contributed by atoms with Crippen LogP contribution in [-0.2, 0) is 52.8 Å². The predicted molar refractivity (Wildman–Crippen MR) is 114 cm³/mol. The van der Waals surface area contributed by atoms with E-state index in [-0.39, 0.29) is 51.0 Å². The minimum absolute atomic E-state index is 0. The molecule has 8 nitrogen and oxygen atoms in total. The van der Waals surface area contributed by atoms with Crippen LogP contribution < -0.4 is 24.8 Å². The monoisotopic (exact) mass is 596 g/mol. The second-order valence-electron chi connectivity index (χ2n) is 7.11. The summed E-state index contributed by atoms with van der Waals surface area (Å²) in [7, 11) is 4.26. The average molecular weight is 599 g/mol. The Morgan fingerprint density at radius 2 is 0.710 bits per heavy atom. The molecule has 13 heteroatoms. The Balaban J connectivity index is -0.000000461. The molecule has 0 aliphatic heterocycles. The van der Waals surface area contributed by atoms with Gasteiger partial charge in [0, 0.05) is 42.7 Å². The maximum absolute atomic E-state index is 5.27. The minimum atomic E-state index is -2.68. The van der Waals surface area contributed by atoms with Gasteiger partial charge in [0.05, 0.1) is 0 Å². The van der Waals surface area contributed by atoms with Gasteiger partial charge < -0.3 is 61.3 Å². The third-order valence-corrected chi connectivity index (χ3v) is 9.84. The average Bonchev–Trinajstić information content (AvgIpc) is 2.78. The Kier molecular flexibility index (Phi) is 25.0. The number of rotatable bonds is 10. The summed E-state index contributed by atoms with van der Waals surface area (Å²) in [5, 5.41) is 0. The van der Waals surface area contributed by atoms with Crippen LogP contribution in [0.1, 0.15) is 64.2 Å². The van der Waals surface area contributed by atoms with E-state index in [2.05, 4.69) is 9.96 Å². The Labute approximate surface area is 223 Å². The van der Waals surface area contributed by atoms with Crippen molar-refractivity contribution in [3.63, 3.8) is 0 Å². The van der Waals surface area contributed by atoms with Gasteiger partial charge in [0.15, 0.2) is 0 Å². The Morgan fingerprint density at radius 3 is 0.903 bits per heavy atom. The quantitative estimate of drug-likeness (QED) is 0.275. The number of halogens is 2. The van der Waals surface area contributed by atoms with Crippen LogP contribution in [0.25, 0.3) is 9.96 Å². The second kappa shape index (κ2) is 20.9. The number of nitrogens with zero attached hydrogens (tertiary/aromatic N) is 2. The van der Waals surface area contributed by atoms with Gasteiger partial charge in [-0.15, -0.1) is 12.1 Å². The molecule has 0 unspecified atom stereocenters. The summed E-state index contributed by atoms with van der Waals surface area (Å²) in [6.07, 6.45) is 12.3. The number of hydrogen-bond acceptors (Lipinski definition) is 6. The third kappa shape index (κ3) is 13.3. The van der Waals surface area contributed by atoms with Gasteiger partial charge in [0.1, 0.15) is 0 Å². The van der Waals surface area contributed by atoms with E-state index in [1.54, 1.807) is 42.7 Å². The molecule has 2 saturated carbocycles. The van der Waals surface area contributed by atoms with E-state index in [9.17, 15) is 0 Å². The van der Waals surface area contributed by atoms with Crippen molar-refractivity contribution in [2.75, 3.05) is 42.7 Å². The summed E-state index contributed by atoms with van der Waals surface area (Å²) in [5.74, 6) is 0. The van der Waals surface area contributed by atoms with Crippen LogP contribution >= 0.6 is 0 Å². The van der Waals surface area contributed by atoms with Crippen molar-refractivity contribution in [2.24, 2.45) is 0 Å². The summed E-state index contributed by atoms with van der Waals surface area (Å²) in [6, 6.07) is 0.741. The van der Waals surface area contributed by atoms with E-state index < -0.39 is 17.9 Å². The van der Waals surface area contributed by atoms with Crippen LogP contribution in [0.2, 0.25) is 0 Å². The second-order valence-corrected chi connectivity index (χ2v) is 12.2. The summed E-state index contributed by atoms with van der Waals surface area (Å²) in [6.45, 7) is 0. The maximum atomic E-state index is 5.27. The van der Waals surface area contributed by atoms with Crippen LogP contribution in [0.5, 0.6) is 0 Å². The largest absolute Gasteiger partial charge is 4.00 e. The zero-order valence-electron chi connectivity index (χ0n) is 19.8. The fourth-order valence-corrected chi connectivity index (χ4v) is 6.73. The first-order valence-electron chi connectivity index (χ1n) is 10.3. The van der Waals surface area contributed by atoms with E-state index in [1.807, 2.05) is 0 Å². The summed E-state index contributed by atoms with van der Waals surface area (Å²) < 4.78 is 31.6. The normalized spacial score (nSPS) is 18.0. The molecule has 2 fully saturated rings. The van der Waals surface area contributed by atoms with Gasteiger partial charge in [-0.05, 0) is 0 Å². The molecule has 0 saturated heterocycles. The van der Waals surface area contributed by atoms with Crippen molar-refractivity contribution in [2.45, 2.75) is 76.3 Å². The predicted octanol–water partition coefficient (Wildman–Crippen LogP) is -1.86. The van der Waals surface area contributed by atoms with Crippen molar-refractivity contribution < 1.29 is 77.6 Å². The van der Waals surface area contributed by atoms with E-state index in [1.165, 1.54) is 38.5 Å². The molecule has 184 valence electrons. The fourth-order valence-electron chi connectivity index (χ4n) is 3.68. The molecule has 2 aliphatic rings. The van der Waals surface area contributed by atoms with Crippen molar-refractivity contribution in [3.8, 4) is 0 Å². The van der Waals surface area contributed by atoms with Crippen molar-refractivity contribution in [1.29, 1.82) is 0 Å². The van der Waals surface area contributed by atoms with Crippen molar-refractivity contribution >= 4 is 17.9 Å². The molecule has 0 spiro atoms. The van der Waals surface area contributed by atoms with Crippen molar-refractivity contribution in [3.05, 3.63) is 9.96 Å². The summed E-state index contributed by atoms with van der Waals surface area (Å²) in [4.78, 5) is 9.19.